The first-order chi connectivity index (χ1) is 10.0. The summed E-state index contributed by atoms with van der Waals surface area (Å²) in [5, 5.41) is 11.0. The molecule has 0 saturated heterocycles. The van der Waals surface area contributed by atoms with Crippen LogP contribution in [0.5, 0.6) is 17.2 Å². The molecule has 0 unspecified atom stereocenters. The third-order valence-electron chi connectivity index (χ3n) is 2.73. The predicted octanol–water partition coefficient (Wildman–Crippen LogP) is 4.90. The highest BCUT2D eigenvalue weighted by molar-refractivity contribution is 9.10. The monoisotopic (exact) mass is 371 g/mol. The van der Waals surface area contributed by atoms with Gasteiger partial charge in [-0.15, -0.1) is 11.6 Å². The molecule has 7 heteroatoms. The minimum absolute atomic E-state index is 0.150. The number of halogens is 2. The molecule has 110 valence electrons. The molecule has 0 atom stereocenters. The van der Waals surface area contributed by atoms with Gasteiger partial charge < -0.3 is 9.47 Å². The van der Waals surface area contributed by atoms with Crippen LogP contribution in [-0.4, -0.2) is 12.0 Å². The zero-order valence-electron chi connectivity index (χ0n) is 11.0. The average molecular weight is 373 g/mol. The van der Waals surface area contributed by atoms with Crippen molar-refractivity contribution in [2.24, 2.45) is 0 Å². The van der Waals surface area contributed by atoms with Crippen LogP contribution in [0.15, 0.2) is 40.9 Å². The van der Waals surface area contributed by atoms with Crippen LogP contribution < -0.4 is 9.47 Å². The Morgan fingerprint density at radius 1 is 1.24 bits per heavy atom. The fourth-order valence-corrected chi connectivity index (χ4v) is 2.39. The number of nitro groups is 1. The SMILES string of the molecule is COc1ccc(Oc2ccc(CCl)cc2Br)cc1[N+](=O)[O-]. The fraction of sp³-hybridized carbons (Fsp3) is 0.143. The maximum atomic E-state index is 11.0. The molecule has 0 aromatic heterocycles. The largest absolute Gasteiger partial charge is 0.490 e. The van der Waals surface area contributed by atoms with Crippen molar-refractivity contribution in [2.45, 2.75) is 5.88 Å². The van der Waals surface area contributed by atoms with Gasteiger partial charge in [0, 0.05) is 5.88 Å². The van der Waals surface area contributed by atoms with Crippen molar-refractivity contribution in [1.29, 1.82) is 0 Å². The van der Waals surface area contributed by atoms with Crippen molar-refractivity contribution in [3.8, 4) is 17.2 Å². The predicted molar refractivity (Wildman–Crippen MR) is 83.4 cm³/mol. The Kier molecular flexibility index (Phi) is 5.03. The Morgan fingerprint density at radius 3 is 2.52 bits per heavy atom. The number of methoxy groups -OCH3 is 1. The highest BCUT2D eigenvalue weighted by Gasteiger charge is 2.16. The van der Waals surface area contributed by atoms with Gasteiger partial charge in [0.2, 0.25) is 0 Å². The summed E-state index contributed by atoms with van der Waals surface area (Å²) >= 11 is 9.13. The van der Waals surface area contributed by atoms with E-state index < -0.39 is 4.92 Å². The van der Waals surface area contributed by atoms with E-state index in [1.54, 1.807) is 12.1 Å². The van der Waals surface area contributed by atoms with Gasteiger partial charge in [0.15, 0.2) is 5.75 Å². The lowest BCUT2D eigenvalue weighted by molar-refractivity contribution is -0.385. The van der Waals surface area contributed by atoms with Crippen molar-refractivity contribution >= 4 is 33.2 Å². The van der Waals surface area contributed by atoms with E-state index in [-0.39, 0.29) is 11.4 Å². The summed E-state index contributed by atoms with van der Waals surface area (Å²) in [6.45, 7) is 0. The number of hydrogen-bond acceptors (Lipinski definition) is 4. The molecule has 21 heavy (non-hydrogen) atoms. The molecular weight excluding hydrogens is 362 g/mol. The first-order valence-corrected chi connectivity index (χ1v) is 7.22. The minimum atomic E-state index is -0.517. The summed E-state index contributed by atoms with van der Waals surface area (Å²) < 4.78 is 11.3. The van der Waals surface area contributed by atoms with E-state index in [9.17, 15) is 10.1 Å². The second-order valence-corrected chi connectivity index (χ2v) is 5.21. The van der Waals surface area contributed by atoms with Gasteiger partial charge in [-0.1, -0.05) is 6.07 Å². The van der Waals surface area contributed by atoms with E-state index in [1.165, 1.54) is 19.2 Å². The average Bonchev–Trinajstić information content (AvgIpc) is 2.49. The molecule has 0 aliphatic heterocycles. The van der Waals surface area contributed by atoms with Gasteiger partial charge in [-0.3, -0.25) is 10.1 Å². The summed E-state index contributed by atoms with van der Waals surface area (Å²) in [5.41, 5.74) is 0.792. The van der Waals surface area contributed by atoms with Gasteiger partial charge in [0.1, 0.15) is 11.5 Å². The molecule has 0 bridgehead atoms. The van der Waals surface area contributed by atoms with Crippen LogP contribution >= 0.6 is 27.5 Å². The van der Waals surface area contributed by atoms with Crippen LogP contribution in [0.1, 0.15) is 5.56 Å². The molecule has 0 aliphatic carbocycles. The highest BCUT2D eigenvalue weighted by atomic mass is 79.9. The Hall–Kier alpha value is -1.79. The van der Waals surface area contributed by atoms with Crippen molar-refractivity contribution in [1.82, 2.24) is 0 Å². The topological polar surface area (TPSA) is 61.6 Å². The van der Waals surface area contributed by atoms with E-state index >= 15 is 0 Å². The van der Waals surface area contributed by atoms with Crippen LogP contribution in [0.2, 0.25) is 0 Å². The minimum Gasteiger partial charge on any atom is -0.490 e. The normalized spacial score (nSPS) is 10.2. The second kappa shape index (κ2) is 6.78. The Labute approximate surface area is 134 Å². The maximum absolute atomic E-state index is 11.0. The van der Waals surface area contributed by atoms with Crippen LogP contribution in [0.3, 0.4) is 0 Å². The van der Waals surface area contributed by atoms with Gasteiger partial charge in [0.05, 0.1) is 22.6 Å². The standard InChI is InChI=1S/C14H11BrClNO4/c1-20-14-5-3-10(7-12(14)17(18)19)21-13-4-2-9(8-16)6-11(13)15/h2-7H,8H2,1H3. The van der Waals surface area contributed by atoms with Crippen molar-refractivity contribution in [2.75, 3.05) is 7.11 Å². The summed E-state index contributed by atoms with van der Waals surface area (Å²) in [4.78, 5) is 10.5. The van der Waals surface area contributed by atoms with Crippen LogP contribution in [0, 0.1) is 10.1 Å². The Balaban J connectivity index is 2.31. The second-order valence-electron chi connectivity index (χ2n) is 4.09. The van der Waals surface area contributed by atoms with Gasteiger partial charge >= 0.3 is 5.69 Å². The van der Waals surface area contributed by atoms with Crippen LogP contribution in [0.4, 0.5) is 5.69 Å². The number of hydrogen-bond donors (Lipinski definition) is 0. The van der Waals surface area contributed by atoms with E-state index in [4.69, 9.17) is 21.1 Å². The molecule has 0 spiro atoms. The lowest BCUT2D eigenvalue weighted by Crippen LogP contribution is -1.95. The quantitative estimate of drug-likeness (QED) is 0.425. The van der Waals surface area contributed by atoms with Gasteiger partial charge in [-0.2, -0.15) is 0 Å². The molecule has 0 amide bonds. The molecule has 2 rings (SSSR count). The lowest BCUT2D eigenvalue weighted by Gasteiger charge is -2.09. The number of rotatable bonds is 5. The molecule has 0 N–H and O–H groups in total. The highest BCUT2D eigenvalue weighted by Crippen LogP contribution is 2.35. The van der Waals surface area contributed by atoms with E-state index in [1.807, 2.05) is 12.1 Å². The van der Waals surface area contributed by atoms with Crippen molar-refractivity contribution in [3.05, 3.63) is 56.5 Å². The zero-order chi connectivity index (χ0) is 15.4. The molecule has 2 aromatic carbocycles. The molecular formula is C14H11BrClNO4. The molecule has 5 nitrogen and oxygen atoms in total. The van der Waals surface area contributed by atoms with Crippen molar-refractivity contribution in [3.63, 3.8) is 0 Å². The third kappa shape index (κ3) is 3.65. The Bertz CT molecular complexity index is 678. The number of alkyl halides is 1. The van der Waals surface area contributed by atoms with Gasteiger partial charge in [0.25, 0.3) is 0 Å². The summed E-state index contributed by atoms with van der Waals surface area (Å²) in [5.74, 6) is 1.47. The Morgan fingerprint density at radius 2 is 1.95 bits per heavy atom. The molecule has 2 aromatic rings. The summed E-state index contributed by atoms with van der Waals surface area (Å²) in [6.07, 6.45) is 0. The maximum Gasteiger partial charge on any atom is 0.314 e. The number of nitro benzene ring substituents is 1. The fourth-order valence-electron chi connectivity index (χ4n) is 1.71. The first-order valence-electron chi connectivity index (χ1n) is 5.90. The number of ether oxygens (including phenoxy) is 2. The van der Waals surface area contributed by atoms with E-state index in [0.717, 1.165) is 10.0 Å². The smallest absolute Gasteiger partial charge is 0.314 e. The van der Waals surface area contributed by atoms with E-state index in [0.29, 0.717) is 17.4 Å². The zero-order valence-corrected chi connectivity index (χ0v) is 13.3. The summed E-state index contributed by atoms with van der Waals surface area (Å²) in [6, 6.07) is 9.83. The molecule has 0 heterocycles. The molecule has 0 saturated carbocycles. The van der Waals surface area contributed by atoms with Crippen LogP contribution in [-0.2, 0) is 5.88 Å². The molecule has 0 aliphatic rings. The van der Waals surface area contributed by atoms with Crippen LogP contribution in [0.25, 0.3) is 0 Å². The van der Waals surface area contributed by atoms with Gasteiger partial charge in [-0.25, -0.2) is 0 Å². The van der Waals surface area contributed by atoms with E-state index in [2.05, 4.69) is 15.9 Å². The van der Waals surface area contributed by atoms with Crippen molar-refractivity contribution < 1.29 is 14.4 Å². The van der Waals surface area contributed by atoms with Gasteiger partial charge in [-0.05, 0) is 45.8 Å². The summed E-state index contributed by atoms with van der Waals surface area (Å²) in [7, 11) is 1.38. The molecule has 0 radical (unpaired) electrons. The number of nitrogens with zero attached hydrogens (tertiary/aromatic N) is 1. The molecule has 0 fully saturated rings. The third-order valence-corrected chi connectivity index (χ3v) is 3.65. The lowest BCUT2D eigenvalue weighted by atomic mass is 10.2. The number of benzene rings is 2. The first kappa shape index (κ1) is 15.6.